The Morgan fingerprint density at radius 2 is 2.39 bits per heavy atom. The second-order valence-corrected chi connectivity index (χ2v) is 4.92. The number of nitrogens with zero attached hydrogens (tertiary/aromatic N) is 1. The zero-order valence-corrected chi connectivity index (χ0v) is 10.6. The van der Waals surface area contributed by atoms with Crippen molar-refractivity contribution in [2.75, 3.05) is 19.6 Å². The topological polar surface area (TPSA) is 41.6 Å². The van der Waals surface area contributed by atoms with E-state index in [1.54, 1.807) is 0 Å². The summed E-state index contributed by atoms with van der Waals surface area (Å²) in [6.45, 7) is 6.01. The molecule has 0 saturated carbocycles. The molecule has 1 saturated heterocycles. The van der Waals surface area contributed by atoms with Crippen molar-refractivity contribution in [3.63, 3.8) is 0 Å². The Morgan fingerprint density at radius 3 is 3.17 bits per heavy atom. The molecule has 0 spiro atoms. The molecular weight excluding hydrogens is 228 g/mol. The van der Waals surface area contributed by atoms with Gasteiger partial charge in [0.2, 0.25) is 0 Å². The van der Waals surface area contributed by atoms with Crippen molar-refractivity contribution in [2.45, 2.75) is 26.0 Å². The third kappa shape index (κ3) is 2.08. The second-order valence-electron chi connectivity index (χ2n) is 4.92. The highest BCUT2D eigenvalue weighted by molar-refractivity contribution is 5.98. The van der Waals surface area contributed by atoms with Crippen molar-refractivity contribution in [3.05, 3.63) is 29.3 Å². The highest BCUT2D eigenvalue weighted by Gasteiger charge is 2.24. The van der Waals surface area contributed by atoms with Gasteiger partial charge in [0.25, 0.3) is 5.91 Å². The van der Waals surface area contributed by atoms with Crippen LogP contribution >= 0.6 is 0 Å². The van der Waals surface area contributed by atoms with E-state index >= 15 is 0 Å². The first-order valence-corrected chi connectivity index (χ1v) is 6.56. The predicted molar refractivity (Wildman–Crippen MR) is 68.8 cm³/mol. The van der Waals surface area contributed by atoms with Crippen molar-refractivity contribution >= 4 is 5.91 Å². The lowest BCUT2D eigenvalue weighted by molar-refractivity contribution is 0.0966. The predicted octanol–water partition coefficient (Wildman–Crippen LogP) is 1.40. The molecule has 0 radical (unpaired) electrons. The number of fused-ring (bicyclic) bond motifs is 1. The van der Waals surface area contributed by atoms with E-state index in [9.17, 15) is 4.79 Å². The first kappa shape index (κ1) is 11.5. The lowest BCUT2D eigenvalue weighted by Gasteiger charge is -2.15. The maximum absolute atomic E-state index is 11.4. The van der Waals surface area contributed by atoms with Crippen LogP contribution < -0.4 is 10.1 Å². The first-order chi connectivity index (χ1) is 8.76. The van der Waals surface area contributed by atoms with Crippen LogP contribution in [0.1, 0.15) is 29.3 Å². The summed E-state index contributed by atoms with van der Waals surface area (Å²) in [5.41, 5.74) is 1.83. The average Bonchev–Trinajstić information content (AvgIpc) is 2.97. The number of hydrogen-bond acceptors (Lipinski definition) is 3. The van der Waals surface area contributed by atoms with Gasteiger partial charge in [-0.25, -0.2) is 0 Å². The third-order valence-corrected chi connectivity index (χ3v) is 3.74. The Balaban J connectivity index is 1.69. The Labute approximate surface area is 107 Å². The van der Waals surface area contributed by atoms with Crippen LogP contribution in [0.5, 0.6) is 5.75 Å². The zero-order chi connectivity index (χ0) is 12.5. The quantitative estimate of drug-likeness (QED) is 0.876. The summed E-state index contributed by atoms with van der Waals surface area (Å²) in [5.74, 6) is 0.905. The van der Waals surface area contributed by atoms with Gasteiger partial charge in [-0.05, 0) is 36.7 Å². The number of rotatable bonds is 3. The van der Waals surface area contributed by atoms with Gasteiger partial charge in [-0.15, -0.1) is 0 Å². The number of ether oxygens (including phenoxy) is 1. The third-order valence-electron chi connectivity index (χ3n) is 3.74. The van der Waals surface area contributed by atoms with Crippen LogP contribution in [0.15, 0.2) is 18.2 Å². The van der Waals surface area contributed by atoms with Gasteiger partial charge < -0.3 is 10.1 Å². The standard InChI is InChI=1S/C14H18N2O2/c1-2-16-6-5-12(9-16)18-11-3-4-13-10(7-11)8-15-14(13)17/h3-4,7,12H,2,5-6,8-9H2,1H3,(H,15,17)/t12-/m1/s1. The number of hydrogen-bond donors (Lipinski definition) is 1. The highest BCUT2D eigenvalue weighted by atomic mass is 16.5. The molecule has 0 aliphatic carbocycles. The first-order valence-electron chi connectivity index (χ1n) is 6.56. The van der Waals surface area contributed by atoms with Crippen LogP contribution in [0.4, 0.5) is 0 Å². The van der Waals surface area contributed by atoms with Crippen molar-refractivity contribution < 1.29 is 9.53 Å². The van der Waals surface area contributed by atoms with Crippen molar-refractivity contribution in [3.8, 4) is 5.75 Å². The van der Waals surface area contributed by atoms with Crippen LogP contribution in [0, 0.1) is 0 Å². The number of carbonyl (C=O) groups is 1. The van der Waals surface area contributed by atoms with Crippen LogP contribution in [-0.4, -0.2) is 36.5 Å². The minimum atomic E-state index is 0.0228. The largest absolute Gasteiger partial charge is 0.489 e. The van der Waals surface area contributed by atoms with Gasteiger partial charge in [0.05, 0.1) is 0 Å². The summed E-state index contributed by atoms with van der Waals surface area (Å²) in [6.07, 6.45) is 1.37. The van der Waals surface area contributed by atoms with Gasteiger partial charge in [-0.2, -0.15) is 0 Å². The number of likely N-dealkylation sites (tertiary alicyclic amines) is 1. The Hall–Kier alpha value is -1.55. The van der Waals surface area contributed by atoms with E-state index in [0.29, 0.717) is 6.54 Å². The molecule has 0 aromatic heterocycles. The SMILES string of the molecule is CCN1CC[C@@H](Oc2ccc3c(c2)CNC3=O)C1. The van der Waals surface area contributed by atoms with E-state index in [1.807, 2.05) is 18.2 Å². The van der Waals surface area contributed by atoms with Crippen LogP contribution in [0.2, 0.25) is 0 Å². The van der Waals surface area contributed by atoms with Gasteiger partial charge in [-0.3, -0.25) is 9.69 Å². The zero-order valence-electron chi connectivity index (χ0n) is 10.6. The van der Waals surface area contributed by atoms with Crippen molar-refractivity contribution in [2.24, 2.45) is 0 Å². The molecule has 0 unspecified atom stereocenters. The van der Waals surface area contributed by atoms with E-state index in [1.165, 1.54) is 0 Å². The molecule has 1 atom stereocenters. The molecule has 1 N–H and O–H groups in total. The number of benzene rings is 1. The molecule has 4 nitrogen and oxygen atoms in total. The van der Waals surface area contributed by atoms with E-state index in [4.69, 9.17) is 4.74 Å². The Kier molecular flexibility index (Phi) is 2.96. The van der Waals surface area contributed by atoms with Crippen LogP contribution in [0.3, 0.4) is 0 Å². The molecule has 1 fully saturated rings. The van der Waals surface area contributed by atoms with Crippen molar-refractivity contribution in [1.82, 2.24) is 10.2 Å². The van der Waals surface area contributed by atoms with Crippen LogP contribution in [0.25, 0.3) is 0 Å². The monoisotopic (exact) mass is 246 g/mol. The molecule has 1 aromatic carbocycles. The molecule has 1 aromatic rings. The van der Waals surface area contributed by atoms with Gasteiger partial charge in [0.1, 0.15) is 11.9 Å². The fourth-order valence-corrected chi connectivity index (χ4v) is 2.65. The van der Waals surface area contributed by atoms with Gasteiger partial charge in [0, 0.05) is 25.2 Å². The van der Waals surface area contributed by atoms with Crippen molar-refractivity contribution in [1.29, 1.82) is 0 Å². The van der Waals surface area contributed by atoms with Gasteiger partial charge in [0.15, 0.2) is 0 Å². The molecular formula is C14H18N2O2. The number of nitrogens with one attached hydrogen (secondary N) is 1. The summed E-state index contributed by atoms with van der Waals surface area (Å²) in [5, 5.41) is 2.82. The molecule has 3 rings (SSSR count). The average molecular weight is 246 g/mol. The maximum atomic E-state index is 11.4. The molecule has 2 heterocycles. The molecule has 4 heteroatoms. The van der Waals surface area contributed by atoms with E-state index in [2.05, 4.69) is 17.1 Å². The lowest BCUT2D eigenvalue weighted by Crippen LogP contribution is -2.24. The Bertz CT molecular complexity index is 473. The Morgan fingerprint density at radius 1 is 1.50 bits per heavy atom. The number of carbonyl (C=O) groups excluding carboxylic acids is 1. The molecule has 0 bridgehead atoms. The summed E-state index contributed by atoms with van der Waals surface area (Å²) in [6, 6.07) is 5.75. The smallest absolute Gasteiger partial charge is 0.251 e. The maximum Gasteiger partial charge on any atom is 0.251 e. The summed E-state index contributed by atoms with van der Waals surface area (Å²) in [7, 11) is 0. The molecule has 18 heavy (non-hydrogen) atoms. The number of likely N-dealkylation sites (N-methyl/N-ethyl adjacent to an activating group) is 1. The summed E-state index contributed by atoms with van der Waals surface area (Å²) < 4.78 is 5.99. The minimum absolute atomic E-state index is 0.0228. The fourth-order valence-electron chi connectivity index (χ4n) is 2.65. The second kappa shape index (κ2) is 4.61. The molecule has 1 amide bonds. The van der Waals surface area contributed by atoms with Gasteiger partial charge in [-0.1, -0.05) is 6.92 Å². The molecule has 2 aliphatic heterocycles. The molecule has 96 valence electrons. The van der Waals surface area contributed by atoms with Gasteiger partial charge >= 0.3 is 0 Å². The van der Waals surface area contributed by atoms with E-state index < -0.39 is 0 Å². The lowest BCUT2D eigenvalue weighted by atomic mass is 10.1. The molecule has 2 aliphatic rings. The van der Waals surface area contributed by atoms with E-state index in [0.717, 1.165) is 42.9 Å². The fraction of sp³-hybridized carbons (Fsp3) is 0.500. The summed E-state index contributed by atoms with van der Waals surface area (Å²) in [4.78, 5) is 13.8. The van der Waals surface area contributed by atoms with E-state index in [-0.39, 0.29) is 12.0 Å². The normalized spacial score (nSPS) is 22.9. The highest BCUT2D eigenvalue weighted by Crippen LogP contribution is 2.24. The number of amides is 1. The minimum Gasteiger partial charge on any atom is -0.489 e. The van der Waals surface area contributed by atoms with Crippen LogP contribution in [-0.2, 0) is 6.54 Å². The summed E-state index contributed by atoms with van der Waals surface area (Å²) >= 11 is 0.